The van der Waals surface area contributed by atoms with Gasteiger partial charge in [0.25, 0.3) is 0 Å². The van der Waals surface area contributed by atoms with Crippen LogP contribution in [0.15, 0.2) is 0 Å². The topological polar surface area (TPSA) is 63.6 Å². The van der Waals surface area contributed by atoms with Crippen LogP contribution >= 0.6 is 0 Å². The van der Waals surface area contributed by atoms with Crippen molar-refractivity contribution >= 4 is 11.9 Å². The maximum Gasteiger partial charge on any atom is 0.320 e. The minimum Gasteiger partial charge on any atom is -0.481 e. The van der Waals surface area contributed by atoms with E-state index in [0.717, 1.165) is 51.4 Å². The van der Waals surface area contributed by atoms with Crippen molar-refractivity contribution in [2.24, 2.45) is 5.92 Å². The first kappa shape index (κ1) is 17.9. The Bertz CT molecular complexity index is 251. The van der Waals surface area contributed by atoms with Crippen molar-refractivity contribution in [1.29, 1.82) is 0 Å². The molecular formula is C15H28O4. The van der Waals surface area contributed by atoms with E-state index >= 15 is 0 Å². The smallest absolute Gasteiger partial charge is 0.320 e. The number of rotatable bonds is 12. The maximum absolute atomic E-state index is 11.7. The summed E-state index contributed by atoms with van der Waals surface area (Å²) in [4.78, 5) is 22.7. The van der Waals surface area contributed by atoms with Gasteiger partial charge < -0.3 is 9.84 Å². The van der Waals surface area contributed by atoms with Gasteiger partial charge in [-0.3, -0.25) is 9.59 Å². The zero-order valence-electron chi connectivity index (χ0n) is 12.3. The third-order valence-electron chi connectivity index (χ3n) is 3.17. The Morgan fingerprint density at radius 2 is 1.53 bits per heavy atom. The van der Waals surface area contributed by atoms with E-state index in [2.05, 4.69) is 13.8 Å². The number of carboxylic acids is 1. The molecule has 0 aromatic carbocycles. The first-order valence-corrected chi connectivity index (χ1v) is 7.52. The van der Waals surface area contributed by atoms with Gasteiger partial charge in [0.1, 0.15) is 0 Å². The highest BCUT2D eigenvalue weighted by Gasteiger charge is 2.26. The van der Waals surface area contributed by atoms with Crippen LogP contribution in [0.5, 0.6) is 0 Å². The average molecular weight is 272 g/mol. The number of esters is 1. The summed E-state index contributed by atoms with van der Waals surface area (Å²) < 4.78 is 5.05. The highest BCUT2D eigenvalue weighted by molar-refractivity contribution is 5.93. The van der Waals surface area contributed by atoms with Crippen LogP contribution < -0.4 is 0 Å². The SMILES string of the molecule is CCCCCCOC(=O)C(CCCCCC)C(=O)O. The van der Waals surface area contributed by atoms with Gasteiger partial charge in [-0.2, -0.15) is 0 Å². The second-order valence-corrected chi connectivity index (χ2v) is 4.97. The molecule has 0 saturated carbocycles. The summed E-state index contributed by atoms with van der Waals surface area (Å²) in [6.45, 7) is 4.56. The first-order chi connectivity index (χ1) is 9.13. The van der Waals surface area contributed by atoms with Crippen LogP contribution in [0.25, 0.3) is 0 Å². The number of aliphatic carboxylic acids is 1. The van der Waals surface area contributed by atoms with Crippen LogP contribution in [0.4, 0.5) is 0 Å². The molecule has 0 aliphatic rings. The van der Waals surface area contributed by atoms with Crippen molar-refractivity contribution in [1.82, 2.24) is 0 Å². The third-order valence-corrected chi connectivity index (χ3v) is 3.17. The molecule has 4 nitrogen and oxygen atoms in total. The number of carbonyl (C=O) groups is 2. The third kappa shape index (κ3) is 9.51. The summed E-state index contributed by atoms with van der Waals surface area (Å²) in [5.41, 5.74) is 0. The second-order valence-electron chi connectivity index (χ2n) is 4.97. The summed E-state index contributed by atoms with van der Waals surface area (Å²) >= 11 is 0. The molecule has 0 spiro atoms. The van der Waals surface area contributed by atoms with Gasteiger partial charge in [-0.05, 0) is 12.8 Å². The predicted octanol–water partition coefficient (Wildman–Crippen LogP) is 3.78. The Labute approximate surface area is 116 Å². The molecular weight excluding hydrogens is 244 g/mol. The molecule has 0 rings (SSSR count). The Morgan fingerprint density at radius 1 is 0.947 bits per heavy atom. The van der Waals surface area contributed by atoms with E-state index in [1.54, 1.807) is 0 Å². The zero-order valence-corrected chi connectivity index (χ0v) is 12.3. The van der Waals surface area contributed by atoms with Crippen molar-refractivity contribution in [2.75, 3.05) is 6.61 Å². The molecule has 0 fully saturated rings. The van der Waals surface area contributed by atoms with Gasteiger partial charge in [0.2, 0.25) is 0 Å². The van der Waals surface area contributed by atoms with Crippen LogP contribution in [0, 0.1) is 5.92 Å². The summed E-state index contributed by atoms with van der Waals surface area (Å²) in [6, 6.07) is 0. The van der Waals surface area contributed by atoms with Gasteiger partial charge in [-0.1, -0.05) is 58.8 Å². The summed E-state index contributed by atoms with van der Waals surface area (Å²) in [5, 5.41) is 9.04. The molecule has 0 saturated heterocycles. The van der Waals surface area contributed by atoms with E-state index in [4.69, 9.17) is 9.84 Å². The van der Waals surface area contributed by atoms with Gasteiger partial charge in [0, 0.05) is 0 Å². The minimum absolute atomic E-state index is 0.345. The van der Waals surface area contributed by atoms with Crippen LogP contribution in [0.2, 0.25) is 0 Å². The zero-order chi connectivity index (χ0) is 14.5. The van der Waals surface area contributed by atoms with Crippen LogP contribution in [-0.4, -0.2) is 23.7 Å². The number of carbonyl (C=O) groups excluding carboxylic acids is 1. The Balaban J connectivity index is 3.88. The lowest BCUT2D eigenvalue weighted by atomic mass is 10.0. The summed E-state index contributed by atoms with van der Waals surface area (Å²) in [7, 11) is 0. The van der Waals surface area contributed by atoms with Gasteiger partial charge in [-0.15, -0.1) is 0 Å². The quantitative estimate of drug-likeness (QED) is 0.333. The molecule has 0 amide bonds. The molecule has 0 aromatic rings. The number of unbranched alkanes of at least 4 members (excludes halogenated alkanes) is 6. The lowest BCUT2D eigenvalue weighted by Gasteiger charge is -2.11. The second kappa shape index (κ2) is 12.0. The number of hydrogen-bond donors (Lipinski definition) is 1. The van der Waals surface area contributed by atoms with Gasteiger partial charge >= 0.3 is 11.9 Å². The molecule has 0 aliphatic heterocycles. The average Bonchev–Trinajstić information content (AvgIpc) is 2.37. The molecule has 4 heteroatoms. The molecule has 19 heavy (non-hydrogen) atoms. The van der Waals surface area contributed by atoms with E-state index in [9.17, 15) is 9.59 Å². The molecule has 0 bridgehead atoms. The van der Waals surface area contributed by atoms with E-state index < -0.39 is 17.9 Å². The van der Waals surface area contributed by atoms with Crippen LogP contribution in [-0.2, 0) is 14.3 Å². The lowest BCUT2D eigenvalue weighted by Crippen LogP contribution is -2.26. The number of carboxylic acid groups (broad SMARTS) is 1. The van der Waals surface area contributed by atoms with Gasteiger partial charge in [-0.25, -0.2) is 0 Å². The highest BCUT2D eigenvalue weighted by Crippen LogP contribution is 2.13. The fraction of sp³-hybridized carbons (Fsp3) is 0.867. The van der Waals surface area contributed by atoms with Crippen molar-refractivity contribution in [3.63, 3.8) is 0 Å². The van der Waals surface area contributed by atoms with Crippen molar-refractivity contribution in [3.8, 4) is 0 Å². The van der Waals surface area contributed by atoms with Crippen LogP contribution in [0.1, 0.15) is 71.6 Å². The predicted molar refractivity (Wildman–Crippen MR) is 75.0 cm³/mol. The highest BCUT2D eigenvalue weighted by atomic mass is 16.5. The molecule has 0 aliphatic carbocycles. The van der Waals surface area contributed by atoms with Crippen molar-refractivity contribution < 1.29 is 19.4 Å². The summed E-state index contributed by atoms with van der Waals surface area (Å²) in [5.74, 6) is -2.61. The fourth-order valence-corrected chi connectivity index (χ4v) is 1.92. The molecule has 1 N–H and O–H groups in total. The fourth-order valence-electron chi connectivity index (χ4n) is 1.92. The number of hydrogen-bond acceptors (Lipinski definition) is 3. The lowest BCUT2D eigenvalue weighted by molar-refractivity contribution is -0.159. The summed E-state index contributed by atoms with van der Waals surface area (Å²) in [6.07, 6.45) is 8.42. The molecule has 1 unspecified atom stereocenters. The largest absolute Gasteiger partial charge is 0.481 e. The minimum atomic E-state index is -1.06. The van der Waals surface area contributed by atoms with Crippen molar-refractivity contribution in [3.05, 3.63) is 0 Å². The van der Waals surface area contributed by atoms with Gasteiger partial charge in [0.15, 0.2) is 5.92 Å². The monoisotopic (exact) mass is 272 g/mol. The Hall–Kier alpha value is -1.06. The molecule has 0 heterocycles. The normalized spacial score (nSPS) is 12.1. The number of ether oxygens (including phenoxy) is 1. The first-order valence-electron chi connectivity index (χ1n) is 7.52. The van der Waals surface area contributed by atoms with Crippen LogP contribution in [0.3, 0.4) is 0 Å². The van der Waals surface area contributed by atoms with E-state index in [0.29, 0.717) is 13.0 Å². The van der Waals surface area contributed by atoms with Crippen molar-refractivity contribution in [2.45, 2.75) is 71.6 Å². The Kier molecular flexibility index (Phi) is 11.3. The maximum atomic E-state index is 11.7. The Morgan fingerprint density at radius 3 is 2.05 bits per heavy atom. The molecule has 112 valence electrons. The molecule has 1 atom stereocenters. The van der Waals surface area contributed by atoms with E-state index in [1.165, 1.54) is 0 Å². The van der Waals surface area contributed by atoms with Gasteiger partial charge in [0.05, 0.1) is 6.61 Å². The standard InChI is InChI=1S/C15H28O4/c1-3-5-7-9-11-13(14(16)17)15(18)19-12-10-8-6-4-2/h13H,3-12H2,1-2H3,(H,16,17). The molecule has 0 radical (unpaired) electrons. The van der Waals surface area contributed by atoms with E-state index in [-0.39, 0.29) is 0 Å². The molecule has 0 aromatic heterocycles. The van der Waals surface area contributed by atoms with E-state index in [1.807, 2.05) is 0 Å².